The quantitative estimate of drug-likeness (QED) is 0.280. The summed E-state index contributed by atoms with van der Waals surface area (Å²) >= 11 is 6.02. The third-order valence-corrected chi connectivity index (χ3v) is 8.16. The van der Waals surface area contributed by atoms with Crippen LogP contribution in [-0.4, -0.2) is 61.6 Å². The predicted molar refractivity (Wildman–Crippen MR) is 165 cm³/mol. The lowest BCUT2D eigenvalue weighted by molar-refractivity contribution is -0.146. The first-order valence-electron chi connectivity index (χ1n) is 15.0. The molecule has 10 heteroatoms. The number of ether oxygens (including phenoxy) is 2. The van der Waals surface area contributed by atoms with Crippen molar-refractivity contribution in [1.29, 1.82) is 0 Å². The normalized spacial score (nSPS) is 15.4. The second-order valence-electron chi connectivity index (χ2n) is 11.4. The molecular weight excluding hydrogens is 570 g/mol. The van der Waals surface area contributed by atoms with E-state index in [0.29, 0.717) is 30.0 Å². The van der Waals surface area contributed by atoms with Gasteiger partial charge in [-0.2, -0.15) is 0 Å². The number of nitrogens with one attached hydrogen (secondary N) is 2. The number of amides is 3. The number of methoxy groups -OCH3 is 1. The van der Waals surface area contributed by atoms with Crippen LogP contribution in [0.15, 0.2) is 54.6 Å². The molecule has 1 saturated carbocycles. The van der Waals surface area contributed by atoms with Gasteiger partial charge in [-0.3, -0.25) is 9.59 Å². The van der Waals surface area contributed by atoms with E-state index in [9.17, 15) is 19.2 Å². The average Bonchev–Trinajstić information content (AvgIpc) is 3.02. The summed E-state index contributed by atoms with van der Waals surface area (Å²) in [5.41, 5.74) is 1.84. The third kappa shape index (κ3) is 11.5. The van der Waals surface area contributed by atoms with Gasteiger partial charge in [0.05, 0.1) is 7.11 Å². The number of carbonyl (C=O) groups is 4. The molecule has 0 heterocycles. The second-order valence-corrected chi connectivity index (χ2v) is 11.8. The molecule has 234 valence electrons. The standard InChI is InChI=1S/C33H44ClN3O6/c1-23(31(39)37(2)18-17-24-11-6-4-7-12-24)19-29(32(40)42-3)35-30(38)28(21-25-13-8-5-9-14-25)36-33(41)43-22-26-15-10-16-27(34)20-26/h4,6-7,10-12,15-16,20,23,25,28-29H,5,8-9,13-14,17-19,21-22H2,1-3H3,(H,35,38)(H,36,41)/t23?,28-,29-/m0/s1. The Balaban J connectivity index is 1.63. The van der Waals surface area contributed by atoms with Crippen molar-refractivity contribution in [2.24, 2.45) is 11.8 Å². The minimum Gasteiger partial charge on any atom is -0.467 e. The van der Waals surface area contributed by atoms with Gasteiger partial charge in [0.15, 0.2) is 0 Å². The predicted octanol–water partition coefficient (Wildman–Crippen LogP) is 5.29. The highest BCUT2D eigenvalue weighted by molar-refractivity contribution is 6.30. The maximum atomic E-state index is 13.5. The highest BCUT2D eigenvalue weighted by atomic mass is 35.5. The van der Waals surface area contributed by atoms with Gasteiger partial charge >= 0.3 is 12.1 Å². The zero-order valence-electron chi connectivity index (χ0n) is 25.4. The molecule has 0 bridgehead atoms. The van der Waals surface area contributed by atoms with E-state index in [2.05, 4.69) is 10.6 Å². The topological polar surface area (TPSA) is 114 Å². The van der Waals surface area contributed by atoms with Crippen molar-refractivity contribution in [1.82, 2.24) is 15.5 Å². The van der Waals surface area contributed by atoms with E-state index in [1.165, 1.54) is 7.11 Å². The first-order valence-corrected chi connectivity index (χ1v) is 15.4. The fourth-order valence-corrected chi connectivity index (χ4v) is 5.67. The number of likely N-dealkylation sites (N-methyl/N-ethyl adjacent to an activating group) is 1. The first-order chi connectivity index (χ1) is 20.7. The largest absolute Gasteiger partial charge is 0.467 e. The Kier molecular flexibility index (Phi) is 13.8. The minimum atomic E-state index is -1.06. The van der Waals surface area contributed by atoms with Crippen LogP contribution >= 0.6 is 11.6 Å². The third-order valence-electron chi connectivity index (χ3n) is 7.93. The van der Waals surface area contributed by atoms with Crippen molar-refractivity contribution < 1.29 is 28.7 Å². The molecule has 0 spiro atoms. The lowest BCUT2D eigenvalue weighted by Crippen LogP contribution is -2.53. The summed E-state index contributed by atoms with van der Waals surface area (Å²) in [5.74, 6) is -1.61. The van der Waals surface area contributed by atoms with E-state index in [1.54, 1.807) is 43.1 Å². The average molecular weight is 614 g/mol. The summed E-state index contributed by atoms with van der Waals surface area (Å²) in [6.45, 7) is 2.24. The lowest BCUT2D eigenvalue weighted by atomic mass is 9.84. The molecule has 0 radical (unpaired) electrons. The maximum absolute atomic E-state index is 13.5. The molecule has 3 amide bonds. The van der Waals surface area contributed by atoms with E-state index in [1.807, 2.05) is 30.3 Å². The Morgan fingerprint density at radius 3 is 2.33 bits per heavy atom. The number of benzene rings is 2. The van der Waals surface area contributed by atoms with Gasteiger partial charge in [-0.25, -0.2) is 9.59 Å². The highest BCUT2D eigenvalue weighted by Gasteiger charge is 2.32. The zero-order valence-corrected chi connectivity index (χ0v) is 26.1. The van der Waals surface area contributed by atoms with E-state index >= 15 is 0 Å². The van der Waals surface area contributed by atoms with Crippen LogP contribution in [-0.2, 0) is 36.9 Å². The molecule has 1 unspecified atom stereocenters. The van der Waals surface area contributed by atoms with Crippen LogP contribution in [0.1, 0.15) is 63.0 Å². The van der Waals surface area contributed by atoms with Gasteiger partial charge in [-0.05, 0) is 48.4 Å². The molecule has 43 heavy (non-hydrogen) atoms. The molecule has 0 aromatic heterocycles. The number of rotatable bonds is 14. The molecular formula is C33H44ClN3O6. The minimum absolute atomic E-state index is 0.00758. The van der Waals surface area contributed by atoms with Crippen LogP contribution in [0.2, 0.25) is 5.02 Å². The van der Waals surface area contributed by atoms with E-state index in [4.69, 9.17) is 21.1 Å². The van der Waals surface area contributed by atoms with Gasteiger partial charge in [0.2, 0.25) is 11.8 Å². The van der Waals surface area contributed by atoms with Crippen LogP contribution in [0.25, 0.3) is 0 Å². The summed E-state index contributed by atoms with van der Waals surface area (Å²) in [5, 5.41) is 5.99. The summed E-state index contributed by atoms with van der Waals surface area (Å²) in [7, 11) is 2.97. The highest BCUT2D eigenvalue weighted by Crippen LogP contribution is 2.27. The molecule has 0 saturated heterocycles. The second kappa shape index (κ2) is 17.5. The summed E-state index contributed by atoms with van der Waals surface area (Å²) < 4.78 is 10.3. The summed E-state index contributed by atoms with van der Waals surface area (Å²) in [6.07, 6.45) is 5.66. The number of hydrogen-bond acceptors (Lipinski definition) is 6. The van der Waals surface area contributed by atoms with Crippen molar-refractivity contribution in [3.63, 3.8) is 0 Å². The van der Waals surface area contributed by atoms with E-state index < -0.39 is 36.0 Å². The van der Waals surface area contributed by atoms with Crippen LogP contribution in [0, 0.1) is 11.8 Å². The maximum Gasteiger partial charge on any atom is 0.408 e. The van der Waals surface area contributed by atoms with Gasteiger partial charge in [-0.1, -0.05) is 93.1 Å². The van der Waals surface area contributed by atoms with Crippen molar-refractivity contribution in [2.75, 3.05) is 20.7 Å². The van der Waals surface area contributed by atoms with Crippen molar-refractivity contribution in [3.05, 3.63) is 70.7 Å². The molecule has 2 aromatic rings. The molecule has 1 fully saturated rings. The summed E-state index contributed by atoms with van der Waals surface area (Å²) in [6, 6.07) is 14.9. The van der Waals surface area contributed by atoms with Crippen LogP contribution in [0.5, 0.6) is 0 Å². The lowest BCUT2D eigenvalue weighted by Gasteiger charge is -2.28. The first kappa shape index (κ1) is 33.9. The SMILES string of the molecule is COC(=O)[C@H](CC(C)C(=O)N(C)CCc1ccccc1)NC(=O)[C@H](CC1CCCCC1)NC(=O)OCc1cccc(Cl)c1. The summed E-state index contributed by atoms with van der Waals surface area (Å²) in [4.78, 5) is 53.8. The molecule has 2 aromatic carbocycles. The number of nitrogens with zero attached hydrogens (tertiary/aromatic N) is 1. The molecule has 0 aliphatic heterocycles. The monoisotopic (exact) mass is 613 g/mol. The van der Waals surface area contributed by atoms with Gasteiger partial charge < -0.3 is 25.0 Å². The molecule has 1 aliphatic carbocycles. The van der Waals surface area contributed by atoms with Crippen molar-refractivity contribution >= 4 is 35.5 Å². The molecule has 1 aliphatic rings. The van der Waals surface area contributed by atoms with Crippen molar-refractivity contribution in [2.45, 2.75) is 77.0 Å². The van der Waals surface area contributed by atoms with Gasteiger partial charge in [0.25, 0.3) is 0 Å². The Morgan fingerprint density at radius 1 is 0.953 bits per heavy atom. The molecule has 9 nitrogen and oxygen atoms in total. The Morgan fingerprint density at radius 2 is 1.65 bits per heavy atom. The molecule has 2 N–H and O–H groups in total. The fraction of sp³-hybridized carbons (Fsp3) is 0.515. The van der Waals surface area contributed by atoms with Gasteiger partial charge in [0, 0.05) is 24.5 Å². The number of alkyl carbamates (subject to hydrolysis) is 1. The van der Waals surface area contributed by atoms with Crippen LogP contribution in [0.3, 0.4) is 0 Å². The van der Waals surface area contributed by atoms with E-state index in [0.717, 1.165) is 37.7 Å². The molecule has 3 atom stereocenters. The van der Waals surface area contributed by atoms with Crippen molar-refractivity contribution in [3.8, 4) is 0 Å². The van der Waals surface area contributed by atoms with Gasteiger partial charge in [0.1, 0.15) is 18.7 Å². The van der Waals surface area contributed by atoms with Crippen LogP contribution < -0.4 is 10.6 Å². The Labute approximate surface area is 259 Å². The number of esters is 1. The molecule has 3 rings (SSSR count). The zero-order chi connectivity index (χ0) is 31.2. The van der Waals surface area contributed by atoms with Gasteiger partial charge in [-0.15, -0.1) is 0 Å². The smallest absolute Gasteiger partial charge is 0.408 e. The fourth-order valence-electron chi connectivity index (χ4n) is 5.46. The Hall–Kier alpha value is -3.59. The van der Waals surface area contributed by atoms with Crippen LogP contribution in [0.4, 0.5) is 4.79 Å². The number of halogens is 1. The Bertz CT molecular complexity index is 1200. The number of hydrogen-bond donors (Lipinski definition) is 2. The number of carbonyl (C=O) groups excluding carboxylic acids is 4. The van der Waals surface area contributed by atoms with E-state index in [-0.39, 0.29) is 24.9 Å².